The van der Waals surface area contributed by atoms with Crippen molar-refractivity contribution in [2.24, 2.45) is 0 Å². The van der Waals surface area contributed by atoms with E-state index in [4.69, 9.17) is 4.74 Å². The Kier molecular flexibility index (Phi) is 5.83. The summed E-state index contributed by atoms with van der Waals surface area (Å²) in [6.45, 7) is 2.50. The fourth-order valence-electron chi connectivity index (χ4n) is 3.48. The van der Waals surface area contributed by atoms with Crippen LogP contribution in [-0.4, -0.2) is 31.1 Å². The summed E-state index contributed by atoms with van der Waals surface area (Å²) in [7, 11) is -2.92. The van der Waals surface area contributed by atoms with Gasteiger partial charge in [-0.2, -0.15) is 18.2 Å². The predicted octanol–water partition coefficient (Wildman–Crippen LogP) is 4.01. The molecule has 3 aromatic rings. The number of alkyl halides is 3. The molecule has 4 rings (SSSR count). The van der Waals surface area contributed by atoms with Gasteiger partial charge >= 0.3 is 6.18 Å². The average Bonchev–Trinajstić information content (AvgIpc) is 3.29. The lowest BCUT2D eigenvalue weighted by Gasteiger charge is -2.15. The van der Waals surface area contributed by atoms with Crippen LogP contribution < -0.4 is 14.8 Å². The zero-order valence-electron chi connectivity index (χ0n) is 17.6. The van der Waals surface area contributed by atoms with Crippen LogP contribution in [0.4, 0.5) is 23.2 Å². The Morgan fingerprint density at radius 2 is 1.91 bits per heavy atom. The molecule has 2 aromatic carbocycles. The van der Waals surface area contributed by atoms with Crippen molar-refractivity contribution in [3.8, 4) is 17.3 Å². The molecule has 0 amide bonds. The molecule has 2 N–H and O–H groups in total. The third-order valence-electron chi connectivity index (χ3n) is 5.17. The molecule has 0 saturated heterocycles. The number of nitrogens with zero attached hydrogens (tertiary/aromatic N) is 2. The molecule has 0 spiro atoms. The Hall–Kier alpha value is -3.12. The Morgan fingerprint density at radius 1 is 1.21 bits per heavy atom. The van der Waals surface area contributed by atoms with Crippen molar-refractivity contribution in [1.82, 2.24) is 14.3 Å². The van der Waals surface area contributed by atoms with Crippen LogP contribution in [0.5, 0.6) is 6.01 Å². The SMILES string of the molecule is CNS(=O)(=O)c1cc(-c2cn3c(n2)O[C@H](C)C3)c(NCc2ccc(C(F)(F)F)cc2)cc1F. The number of fused-ring (bicyclic) bond motifs is 1. The highest BCUT2D eigenvalue weighted by Gasteiger charge is 2.30. The lowest BCUT2D eigenvalue weighted by Crippen LogP contribution is -2.20. The maximum Gasteiger partial charge on any atom is 0.416 e. The Morgan fingerprint density at radius 3 is 2.52 bits per heavy atom. The van der Waals surface area contributed by atoms with Crippen LogP contribution in [-0.2, 0) is 29.3 Å². The van der Waals surface area contributed by atoms with Crippen LogP contribution >= 0.6 is 0 Å². The second kappa shape index (κ2) is 8.34. The molecule has 0 saturated carbocycles. The molecule has 0 radical (unpaired) electrons. The third-order valence-corrected chi connectivity index (χ3v) is 6.60. The van der Waals surface area contributed by atoms with Crippen molar-refractivity contribution in [3.05, 3.63) is 59.5 Å². The zero-order chi connectivity index (χ0) is 24.0. The van der Waals surface area contributed by atoms with Gasteiger partial charge in [-0.05, 0) is 43.8 Å². The van der Waals surface area contributed by atoms with Gasteiger partial charge in [0.05, 0.1) is 17.8 Å². The Labute approximate surface area is 187 Å². The van der Waals surface area contributed by atoms with Crippen LogP contribution in [0.2, 0.25) is 0 Å². The van der Waals surface area contributed by atoms with Crippen LogP contribution in [0.15, 0.2) is 47.5 Å². The fraction of sp³-hybridized carbons (Fsp3) is 0.286. The van der Waals surface area contributed by atoms with E-state index in [-0.39, 0.29) is 18.3 Å². The standard InChI is InChI=1S/C21H20F4N4O3S/c1-12-10-29-11-18(28-20(29)32-12)15-7-19(33(30,31)26-2)16(22)8-17(15)27-9-13-3-5-14(6-4-13)21(23,24)25/h3-8,11-12,26-27H,9-10H2,1-2H3/t12-/m1/s1. The molecule has 0 fully saturated rings. The van der Waals surface area contributed by atoms with Crippen LogP contribution in [0.3, 0.4) is 0 Å². The van der Waals surface area contributed by atoms with Gasteiger partial charge in [-0.3, -0.25) is 4.57 Å². The Balaban J connectivity index is 1.69. The van der Waals surface area contributed by atoms with Gasteiger partial charge in [-0.1, -0.05) is 12.1 Å². The molecular formula is C21H20F4N4O3S. The lowest BCUT2D eigenvalue weighted by atomic mass is 10.1. The molecular weight excluding hydrogens is 464 g/mol. The number of halogens is 4. The van der Waals surface area contributed by atoms with Gasteiger partial charge in [0.2, 0.25) is 10.0 Å². The summed E-state index contributed by atoms with van der Waals surface area (Å²) in [6.07, 6.45) is -2.84. The van der Waals surface area contributed by atoms with E-state index in [1.807, 2.05) is 6.92 Å². The molecule has 0 aliphatic carbocycles. The molecule has 12 heteroatoms. The number of imidazole rings is 1. The van der Waals surface area contributed by atoms with Crippen molar-refractivity contribution >= 4 is 15.7 Å². The quantitative estimate of drug-likeness (QED) is 0.517. The summed E-state index contributed by atoms with van der Waals surface area (Å²) < 4.78 is 87.1. The first kappa shape index (κ1) is 23.1. The second-order valence-corrected chi connectivity index (χ2v) is 9.43. The molecule has 0 bridgehead atoms. The van der Waals surface area contributed by atoms with E-state index in [0.717, 1.165) is 24.3 Å². The molecule has 1 atom stereocenters. The minimum Gasteiger partial charge on any atom is -0.460 e. The van der Waals surface area contributed by atoms with E-state index < -0.39 is 32.5 Å². The first-order chi connectivity index (χ1) is 15.5. The molecule has 1 aliphatic rings. The smallest absolute Gasteiger partial charge is 0.416 e. The number of ether oxygens (including phenoxy) is 1. The number of anilines is 1. The Bertz CT molecular complexity index is 1260. The summed E-state index contributed by atoms with van der Waals surface area (Å²) in [5, 5.41) is 2.97. The van der Waals surface area contributed by atoms with E-state index in [1.165, 1.54) is 19.2 Å². The number of benzene rings is 2. The number of aromatic nitrogens is 2. The average molecular weight is 484 g/mol. The normalized spacial score (nSPS) is 15.9. The van der Waals surface area contributed by atoms with Gasteiger partial charge in [0.25, 0.3) is 6.01 Å². The van der Waals surface area contributed by atoms with Crippen molar-refractivity contribution in [1.29, 1.82) is 0 Å². The summed E-state index contributed by atoms with van der Waals surface area (Å²) in [5.74, 6) is -0.986. The minimum absolute atomic E-state index is 0.0627. The molecule has 2 heterocycles. The molecule has 7 nitrogen and oxygen atoms in total. The van der Waals surface area contributed by atoms with E-state index in [1.54, 1.807) is 10.8 Å². The van der Waals surface area contributed by atoms with Gasteiger partial charge in [0, 0.05) is 24.0 Å². The number of nitrogens with one attached hydrogen (secondary N) is 2. The van der Waals surface area contributed by atoms with E-state index in [2.05, 4.69) is 15.0 Å². The van der Waals surface area contributed by atoms with Gasteiger partial charge in [-0.25, -0.2) is 17.5 Å². The summed E-state index contributed by atoms with van der Waals surface area (Å²) in [6, 6.07) is 7.08. The minimum atomic E-state index is -4.45. The van der Waals surface area contributed by atoms with Crippen molar-refractivity contribution in [2.45, 2.75) is 37.2 Å². The molecule has 33 heavy (non-hydrogen) atoms. The maximum atomic E-state index is 14.7. The van der Waals surface area contributed by atoms with Gasteiger partial charge < -0.3 is 10.1 Å². The van der Waals surface area contributed by atoms with Crippen molar-refractivity contribution in [2.75, 3.05) is 12.4 Å². The summed E-state index contributed by atoms with van der Waals surface area (Å²) in [4.78, 5) is 3.83. The highest BCUT2D eigenvalue weighted by atomic mass is 32.2. The number of hydrogen-bond donors (Lipinski definition) is 2. The second-order valence-electron chi connectivity index (χ2n) is 7.57. The molecule has 1 aliphatic heterocycles. The van der Waals surface area contributed by atoms with Crippen molar-refractivity contribution < 1.29 is 30.7 Å². The summed E-state index contributed by atoms with van der Waals surface area (Å²) in [5.41, 5.74) is 0.633. The number of rotatable bonds is 6. The van der Waals surface area contributed by atoms with Crippen LogP contribution in [0.25, 0.3) is 11.3 Å². The predicted molar refractivity (Wildman–Crippen MR) is 113 cm³/mol. The monoisotopic (exact) mass is 484 g/mol. The number of hydrogen-bond acceptors (Lipinski definition) is 5. The first-order valence-electron chi connectivity index (χ1n) is 9.89. The van der Waals surface area contributed by atoms with Crippen LogP contribution in [0.1, 0.15) is 18.1 Å². The zero-order valence-corrected chi connectivity index (χ0v) is 18.4. The highest BCUT2D eigenvalue weighted by Crippen LogP contribution is 2.35. The van der Waals surface area contributed by atoms with Crippen molar-refractivity contribution in [3.63, 3.8) is 0 Å². The third kappa shape index (κ3) is 4.67. The fourth-order valence-corrected chi connectivity index (χ4v) is 4.29. The van der Waals surface area contributed by atoms with Crippen LogP contribution in [0, 0.1) is 5.82 Å². The molecule has 176 valence electrons. The van der Waals surface area contributed by atoms with Gasteiger partial charge in [-0.15, -0.1) is 0 Å². The van der Waals surface area contributed by atoms with Gasteiger partial charge in [0.1, 0.15) is 16.8 Å². The summed E-state index contributed by atoms with van der Waals surface area (Å²) >= 11 is 0. The van der Waals surface area contributed by atoms with E-state index in [0.29, 0.717) is 29.4 Å². The van der Waals surface area contributed by atoms with E-state index >= 15 is 0 Å². The highest BCUT2D eigenvalue weighted by molar-refractivity contribution is 7.89. The molecule has 0 unspecified atom stereocenters. The topological polar surface area (TPSA) is 85.2 Å². The van der Waals surface area contributed by atoms with E-state index in [9.17, 15) is 26.0 Å². The molecule has 1 aromatic heterocycles. The number of sulfonamides is 1. The maximum absolute atomic E-state index is 14.7. The first-order valence-corrected chi connectivity index (χ1v) is 11.4. The largest absolute Gasteiger partial charge is 0.460 e. The lowest BCUT2D eigenvalue weighted by molar-refractivity contribution is -0.137. The van der Waals surface area contributed by atoms with Gasteiger partial charge in [0.15, 0.2) is 0 Å².